The van der Waals surface area contributed by atoms with Gasteiger partial charge in [0.2, 0.25) is 0 Å². The maximum Gasteiger partial charge on any atom is 0.320 e. The van der Waals surface area contributed by atoms with Crippen LogP contribution in [0, 0.1) is 20.9 Å². The third-order valence-corrected chi connectivity index (χ3v) is 6.59. The molecule has 1 heterocycles. The Morgan fingerprint density at radius 1 is 1.00 bits per heavy atom. The van der Waals surface area contributed by atoms with Gasteiger partial charge in [0.15, 0.2) is 5.78 Å². The van der Waals surface area contributed by atoms with E-state index in [1.165, 1.54) is 12.1 Å². The van der Waals surface area contributed by atoms with Gasteiger partial charge in [-0.05, 0) is 25.7 Å². The minimum Gasteiger partial charge on any atom is -0.456 e. The van der Waals surface area contributed by atoms with E-state index in [-0.39, 0.29) is 11.5 Å². The fourth-order valence-corrected chi connectivity index (χ4v) is 5.29. The molecule has 1 aromatic rings. The monoisotopic (exact) mass is 357 g/mol. The number of rotatable bonds is 2. The summed E-state index contributed by atoms with van der Waals surface area (Å²) in [6.45, 7) is 0. The third-order valence-electron chi connectivity index (χ3n) is 6.59. The van der Waals surface area contributed by atoms with E-state index in [0.717, 1.165) is 32.1 Å². The van der Waals surface area contributed by atoms with E-state index in [1.54, 1.807) is 12.1 Å². The summed E-state index contributed by atoms with van der Waals surface area (Å²) >= 11 is 0. The summed E-state index contributed by atoms with van der Waals surface area (Å²) in [4.78, 5) is 37.3. The Kier molecular flexibility index (Phi) is 4.09. The van der Waals surface area contributed by atoms with Gasteiger partial charge in [-0.1, -0.05) is 44.2 Å². The second kappa shape index (κ2) is 6.18. The lowest BCUT2D eigenvalue weighted by Crippen LogP contribution is -2.57. The Labute approximate surface area is 152 Å². The highest BCUT2D eigenvalue weighted by Gasteiger charge is 2.64. The number of nitrogens with zero attached hydrogens (tertiary/aromatic N) is 1. The average molecular weight is 357 g/mol. The molecule has 3 fully saturated rings. The van der Waals surface area contributed by atoms with E-state index < -0.39 is 27.8 Å². The second-order valence-corrected chi connectivity index (χ2v) is 7.97. The van der Waals surface area contributed by atoms with Crippen molar-refractivity contribution in [2.24, 2.45) is 10.8 Å². The lowest BCUT2D eigenvalue weighted by molar-refractivity contribution is -0.385. The van der Waals surface area contributed by atoms with Crippen LogP contribution in [0.3, 0.4) is 0 Å². The predicted octanol–water partition coefficient (Wildman–Crippen LogP) is 4.27. The van der Waals surface area contributed by atoms with Gasteiger partial charge < -0.3 is 4.74 Å². The van der Waals surface area contributed by atoms with Crippen LogP contribution in [0.1, 0.15) is 69.5 Å². The fourth-order valence-electron chi connectivity index (χ4n) is 5.29. The van der Waals surface area contributed by atoms with Crippen molar-refractivity contribution in [2.75, 3.05) is 0 Å². The molecule has 2 spiro atoms. The quantitative estimate of drug-likeness (QED) is 0.341. The largest absolute Gasteiger partial charge is 0.456 e. The SMILES string of the molecule is O=C1O[C@H](c2cccc([N+](=O)[O-])c2)C2(CCCC2)C(=O)C12CCCCC2. The number of nitro benzene ring substituents is 1. The van der Waals surface area contributed by atoms with Crippen molar-refractivity contribution in [2.45, 2.75) is 63.9 Å². The van der Waals surface area contributed by atoms with Crippen LogP contribution in [0.4, 0.5) is 5.69 Å². The van der Waals surface area contributed by atoms with Crippen molar-refractivity contribution in [3.05, 3.63) is 39.9 Å². The van der Waals surface area contributed by atoms with Crippen molar-refractivity contribution in [1.82, 2.24) is 0 Å². The van der Waals surface area contributed by atoms with Gasteiger partial charge in [-0.2, -0.15) is 0 Å². The number of ketones is 1. The van der Waals surface area contributed by atoms with Crippen molar-refractivity contribution in [3.63, 3.8) is 0 Å². The first kappa shape index (κ1) is 17.2. The third kappa shape index (κ3) is 2.38. The van der Waals surface area contributed by atoms with Gasteiger partial charge in [0.1, 0.15) is 11.5 Å². The summed E-state index contributed by atoms with van der Waals surface area (Å²) in [6.07, 6.45) is 6.46. The summed E-state index contributed by atoms with van der Waals surface area (Å²) < 4.78 is 5.93. The molecule has 1 atom stereocenters. The van der Waals surface area contributed by atoms with E-state index in [0.29, 0.717) is 31.2 Å². The van der Waals surface area contributed by atoms with Crippen LogP contribution < -0.4 is 0 Å². The van der Waals surface area contributed by atoms with Crippen LogP contribution in [0.25, 0.3) is 0 Å². The fraction of sp³-hybridized carbons (Fsp3) is 0.600. The second-order valence-electron chi connectivity index (χ2n) is 7.97. The number of ether oxygens (including phenoxy) is 1. The van der Waals surface area contributed by atoms with Gasteiger partial charge >= 0.3 is 5.97 Å². The van der Waals surface area contributed by atoms with Gasteiger partial charge in [0.05, 0.1) is 10.3 Å². The molecule has 0 radical (unpaired) electrons. The molecule has 0 amide bonds. The number of carbonyl (C=O) groups is 2. The molecule has 1 aromatic carbocycles. The van der Waals surface area contributed by atoms with Crippen molar-refractivity contribution in [1.29, 1.82) is 0 Å². The number of benzene rings is 1. The molecule has 0 unspecified atom stereocenters. The molecular weight excluding hydrogens is 334 g/mol. The minimum atomic E-state index is -0.986. The molecule has 1 saturated heterocycles. The van der Waals surface area contributed by atoms with Crippen LogP contribution in [0.5, 0.6) is 0 Å². The van der Waals surface area contributed by atoms with Gasteiger partial charge in [-0.15, -0.1) is 0 Å². The first-order chi connectivity index (χ1) is 12.5. The van der Waals surface area contributed by atoms with Crippen LogP contribution in [0.15, 0.2) is 24.3 Å². The molecule has 26 heavy (non-hydrogen) atoms. The van der Waals surface area contributed by atoms with Crippen LogP contribution in [-0.4, -0.2) is 16.7 Å². The summed E-state index contributed by atoms with van der Waals surface area (Å²) in [7, 11) is 0. The normalized spacial score (nSPS) is 26.8. The Balaban J connectivity index is 1.78. The number of Topliss-reactive ketones (excluding diaryl/α,β-unsaturated/α-hetero) is 1. The lowest BCUT2D eigenvalue weighted by Gasteiger charge is -2.49. The number of carbonyl (C=O) groups excluding carboxylic acids is 2. The van der Waals surface area contributed by atoms with Gasteiger partial charge in [-0.3, -0.25) is 19.7 Å². The highest BCUT2D eigenvalue weighted by Crippen LogP contribution is 2.59. The van der Waals surface area contributed by atoms with Crippen molar-refractivity contribution < 1.29 is 19.2 Å². The zero-order valence-corrected chi connectivity index (χ0v) is 14.7. The number of hydrogen-bond donors (Lipinski definition) is 0. The molecule has 0 aromatic heterocycles. The Morgan fingerprint density at radius 3 is 2.31 bits per heavy atom. The number of non-ortho nitro benzene ring substituents is 1. The molecular formula is C20H23NO5. The van der Waals surface area contributed by atoms with Gasteiger partial charge in [-0.25, -0.2) is 0 Å². The number of hydrogen-bond acceptors (Lipinski definition) is 5. The Morgan fingerprint density at radius 2 is 1.65 bits per heavy atom. The molecule has 0 bridgehead atoms. The molecule has 6 nitrogen and oxygen atoms in total. The molecule has 1 aliphatic heterocycles. The molecule has 6 heteroatoms. The molecule has 3 aliphatic rings. The predicted molar refractivity (Wildman–Crippen MR) is 93.4 cm³/mol. The van der Waals surface area contributed by atoms with Crippen LogP contribution in [0.2, 0.25) is 0 Å². The highest BCUT2D eigenvalue weighted by molar-refractivity contribution is 6.09. The van der Waals surface area contributed by atoms with Gasteiger partial charge in [0.25, 0.3) is 5.69 Å². The maximum absolute atomic E-state index is 13.7. The molecule has 138 valence electrons. The maximum atomic E-state index is 13.7. The first-order valence-electron chi connectivity index (χ1n) is 9.50. The van der Waals surface area contributed by atoms with E-state index in [4.69, 9.17) is 4.74 Å². The van der Waals surface area contributed by atoms with E-state index in [9.17, 15) is 19.7 Å². The smallest absolute Gasteiger partial charge is 0.320 e. The highest BCUT2D eigenvalue weighted by atomic mass is 16.6. The average Bonchev–Trinajstić information content (AvgIpc) is 3.15. The number of nitro groups is 1. The molecule has 2 saturated carbocycles. The van der Waals surface area contributed by atoms with E-state index >= 15 is 0 Å². The summed E-state index contributed by atoms with van der Waals surface area (Å²) in [5, 5.41) is 11.2. The number of esters is 1. The zero-order valence-electron chi connectivity index (χ0n) is 14.7. The van der Waals surface area contributed by atoms with Crippen LogP contribution in [-0.2, 0) is 14.3 Å². The zero-order chi connectivity index (χ0) is 18.4. The van der Waals surface area contributed by atoms with Gasteiger partial charge in [0, 0.05) is 17.7 Å². The Hall–Kier alpha value is -2.24. The summed E-state index contributed by atoms with van der Waals surface area (Å²) in [6, 6.07) is 6.20. The van der Waals surface area contributed by atoms with Crippen LogP contribution >= 0.6 is 0 Å². The first-order valence-corrected chi connectivity index (χ1v) is 9.50. The summed E-state index contributed by atoms with van der Waals surface area (Å²) in [5.41, 5.74) is -1.19. The Bertz CT molecular complexity index is 759. The molecule has 0 N–H and O–H groups in total. The summed E-state index contributed by atoms with van der Waals surface area (Å²) in [5.74, 6) is -0.383. The van der Waals surface area contributed by atoms with Crippen molar-refractivity contribution >= 4 is 17.4 Å². The van der Waals surface area contributed by atoms with Crippen molar-refractivity contribution in [3.8, 4) is 0 Å². The van der Waals surface area contributed by atoms with E-state index in [2.05, 4.69) is 0 Å². The standard InChI is InChI=1S/C20H23NO5/c22-17-19(9-4-5-10-19)16(14-7-6-8-15(13-14)21(24)25)26-18(23)20(17)11-2-1-3-12-20/h6-8,13,16H,1-5,9-12H2/t16-/m1/s1. The number of cyclic esters (lactones) is 1. The van der Waals surface area contributed by atoms with E-state index in [1.807, 2.05) is 0 Å². The molecule has 2 aliphatic carbocycles. The lowest BCUT2D eigenvalue weighted by atomic mass is 9.58. The minimum absolute atomic E-state index is 0.0370. The molecule has 4 rings (SSSR count). The topological polar surface area (TPSA) is 86.5 Å².